The third-order valence-electron chi connectivity index (χ3n) is 2.02. The molecule has 76 valence electrons. The van der Waals surface area contributed by atoms with Crippen molar-refractivity contribution in [1.29, 1.82) is 5.26 Å². The molecule has 0 radical (unpaired) electrons. The Morgan fingerprint density at radius 2 is 2.00 bits per heavy atom. The standard InChI is InChI=1S/C12H12N2O/c1-3-4-12(15)14(2)11-7-5-10(9-13)6-8-11/h3-8H,1-2H3. The molecule has 0 fully saturated rings. The van der Waals surface area contributed by atoms with E-state index in [1.54, 1.807) is 44.3 Å². The van der Waals surface area contributed by atoms with Crippen LogP contribution in [0.4, 0.5) is 5.69 Å². The number of hydrogen-bond acceptors (Lipinski definition) is 2. The number of amides is 1. The Balaban J connectivity index is 2.88. The fourth-order valence-corrected chi connectivity index (χ4v) is 1.14. The van der Waals surface area contributed by atoms with E-state index in [-0.39, 0.29) is 5.91 Å². The second-order valence-electron chi connectivity index (χ2n) is 3.06. The van der Waals surface area contributed by atoms with Gasteiger partial charge in [0.1, 0.15) is 0 Å². The van der Waals surface area contributed by atoms with E-state index in [1.165, 1.54) is 11.0 Å². The van der Waals surface area contributed by atoms with Gasteiger partial charge in [-0.2, -0.15) is 5.26 Å². The molecule has 0 bridgehead atoms. The molecule has 15 heavy (non-hydrogen) atoms. The lowest BCUT2D eigenvalue weighted by Gasteiger charge is -2.14. The molecular weight excluding hydrogens is 188 g/mol. The van der Waals surface area contributed by atoms with Gasteiger partial charge in [-0.1, -0.05) is 6.08 Å². The van der Waals surface area contributed by atoms with Crippen LogP contribution in [0, 0.1) is 11.3 Å². The summed E-state index contributed by atoms with van der Waals surface area (Å²) in [6.45, 7) is 1.80. The van der Waals surface area contributed by atoms with Crippen molar-refractivity contribution in [2.75, 3.05) is 11.9 Å². The minimum absolute atomic E-state index is 0.0813. The van der Waals surface area contributed by atoms with Gasteiger partial charge >= 0.3 is 0 Å². The van der Waals surface area contributed by atoms with E-state index in [2.05, 4.69) is 0 Å². The first-order valence-corrected chi connectivity index (χ1v) is 4.59. The van der Waals surface area contributed by atoms with E-state index in [0.717, 1.165) is 5.69 Å². The molecule has 0 aliphatic carbocycles. The van der Waals surface area contributed by atoms with Crippen LogP contribution in [0.2, 0.25) is 0 Å². The van der Waals surface area contributed by atoms with E-state index in [1.807, 2.05) is 6.07 Å². The zero-order chi connectivity index (χ0) is 11.3. The first-order chi connectivity index (χ1) is 7.19. The third kappa shape index (κ3) is 2.68. The van der Waals surface area contributed by atoms with Crippen LogP contribution in [0.25, 0.3) is 0 Å². The van der Waals surface area contributed by atoms with Crippen LogP contribution in [-0.2, 0) is 4.79 Å². The summed E-state index contributed by atoms with van der Waals surface area (Å²) >= 11 is 0. The fourth-order valence-electron chi connectivity index (χ4n) is 1.14. The molecule has 0 unspecified atom stereocenters. The lowest BCUT2D eigenvalue weighted by Crippen LogP contribution is -2.23. The zero-order valence-corrected chi connectivity index (χ0v) is 8.77. The highest BCUT2D eigenvalue weighted by Gasteiger charge is 2.06. The SMILES string of the molecule is CC=CC(=O)N(C)c1ccc(C#N)cc1. The number of hydrogen-bond donors (Lipinski definition) is 0. The predicted molar refractivity (Wildman–Crippen MR) is 59.4 cm³/mol. The number of nitriles is 1. The van der Waals surface area contributed by atoms with Crippen molar-refractivity contribution < 1.29 is 4.79 Å². The summed E-state index contributed by atoms with van der Waals surface area (Å²) in [5.74, 6) is -0.0813. The van der Waals surface area contributed by atoms with Crippen molar-refractivity contribution in [3.8, 4) is 6.07 Å². The summed E-state index contributed by atoms with van der Waals surface area (Å²) in [4.78, 5) is 13.0. The molecule has 0 saturated carbocycles. The first-order valence-electron chi connectivity index (χ1n) is 4.59. The second kappa shape index (κ2) is 4.97. The number of rotatable bonds is 2. The first kappa shape index (κ1) is 11.0. The van der Waals surface area contributed by atoms with Gasteiger partial charge in [0, 0.05) is 12.7 Å². The summed E-state index contributed by atoms with van der Waals surface area (Å²) in [7, 11) is 1.70. The van der Waals surface area contributed by atoms with Crippen LogP contribution in [0.1, 0.15) is 12.5 Å². The Morgan fingerprint density at radius 1 is 1.40 bits per heavy atom. The molecule has 0 spiro atoms. The number of anilines is 1. The van der Waals surface area contributed by atoms with E-state index in [0.29, 0.717) is 5.56 Å². The maximum Gasteiger partial charge on any atom is 0.250 e. The summed E-state index contributed by atoms with van der Waals surface area (Å²) in [5, 5.41) is 8.62. The average Bonchev–Trinajstić information content (AvgIpc) is 2.28. The average molecular weight is 200 g/mol. The fraction of sp³-hybridized carbons (Fsp3) is 0.167. The van der Waals surface area contributed by atoms with Crippen LogP contribution in [0.3, 0.4) is 0 Å². The van der Waals surface area contributed by atoms with Crippen molar-refractivity contribution in [3.05, 3.63) is 42.0 Å². The van der Waals surface area contributed by atoms with Crippen molar-refractivity contribution in [2.24, 2.45) is 0 Å². The van der Waals surface area contributed by atoms with Crippen LogP contribution < -0.4 is 4.90 Å². The highest BCUT2D eigenvalue weighted by Crippen LogP contribution is 2.13. The van der Waals surface area contributed by atoms with Gasteiger partial charge in [0.2, 0.25) is 5.91 Å². The Hall–Kier alpha value is -2.08. The molecular formula is C12H12N2O. The van der Waals surface area contributed by atoms with E-state index >= 15 is 0 Å². The van der Waals surface area contributed by atoms with Crippen LogP contribution in [0.15, 0.2) is 36.4 Å². The van der Waals surface area contributed by atoms with Gasteiger partial charge in [0.15, 0.2) is 0 Å². The zero-order valence-electron chi connectivity index (χ0n) is 8.77. The molecule has 1 aromatic carbocycles. The Morgan fingerprint density at radius 3 is 2.47 bits per heavy atom. The monoisotopic (exact) mass is 200 g/mol. The molecule has 1 rings (SSSR count). The molecule has 0 N–H and O–H groups in total. The summed E-state index contributed by atoms with van der Waals surface area (Å²) in [6, 6.07) is 8.91. The number of nitrogens with zero attached hydrogens (tertiary/aromatic N) is 2. The minimum atomic E-state index is -0.0813. The number of carbonyl (C=O) groups excluding carboxylic acids is 1. The van der Waals surface area contributed by atoms with Crippen molar-refractivity contribution >= 4 is 11.6 Å². The molecule has 0 saturated heterocycles. The largest absolute Gasteiger partial charge is 0.312 e. The number of carbonyl (C=O) groups is 1. The Kier molecular flexibility index (Phi) is 3.64. The van der Waals surface area contributed by atoms with Crippen molar-refractivity contribution in [2.45, 2.75) is 6.92 Å². The Labute approximate surface area is 89.2 Å². The lowest BCUT2D eigenvalue weighted by molar-refractivity contribution is -0.113. The molecule has 0 aliphatic rings. The number of allylic oxidation sites excluding steroid dienone is 1. The normalized spacial score (nSPS) is 9.93. The van der Waals surface area contributed by atoms with Crippen LogP contribution in [0.5, 0.6) is 0 Å². The molecule has 0 aliphatic heterocycles. The molecule has 1 aromatic rings. The maximum atomic E-state index is 11.5. The van der Waals surface area contributed by atoms with Crippen molar-refractivity contribution in [1.82, 2.24) is 0 Å². The topological polar surface area (TPSA) is 44.1 Å². The quantitative estimate of drug-likeness (QED) is 0.686. The lowest BCUT2D eigenvalue weighted by atomic mass is 10.2. The molecule has 0 heterocycles. The van der Waals surface area contributed by atoms with Crippen LogP contribution >= 0.6 is 0 Å². The highest BCUT2D eigenvalue weighted by atomic mass is 16.2. The van der Waals surface area contributed by atoms with Gasteiger partial charge in [-0.15, -0.1) is 0 Å². The number of benzene rings is 1. The van der Waals surface area contributed by atoms with Gasteiger partial charge in [0.05, 0.1) is 11.6 Å². The highest BCUT2D eigenvalue weighted by molar-refractivity contribution is 6.00. The molecule has 3 heteroatoms. The van der Waals surface area contributed by atoms with Crippen molar-refractivity contribution in [3.63, 3.8) is 0 Å². The van der Waals surface area contributed by atoms with Gasteiger partial charge in [-0.25, -0.2) is 0 Å². The summed E-state index contributed by atoms with van der Waals surface area (Å²) in [5.41, 5.74) is 1.36. The maximum absolute atomic E-state index is 11.5. The van der Waals surface area contributed by atoms with Gasteiger partial charge in [0.25, 0.3) is 0 Å². The second-order valence-corrected chi connectivity index (χ2v) is 3.06. The van der Waals surface area contributed by atoms with E-state index in [9.17, 15) is 4.79 Å². The van der Waals surface area contributed by atoms with Gasteiger partial charge < -0.3 is 4.90 Å². The van der Waals surface area contributed by atoms with Gasteiger partial charge in [-0.3, -0.25) is 4.79 Å². The smallest absolute Gasteiger partial charge is 0.250 e. The summed E-state index contributed by atoms with van der Waals surface area (Å²) in [6.07, 6.45) is 3.20. The Bertz CT molecular complexity index is 412. The van der Waals surface area contributed by atoms with Gasteiger partial charge in [-0.05, 0) is 37.3 Å². The molecule has 0 atom stereocenters. The third-order valence-corrected chi connectivity index (χ3v) is 2.02. The minimum Gasteiger partial charge on any atom is -0.312 e. The number of likely N-dealkylation sites (N-methyl/N-ethyl adjacent to an activating group) is 1. The predicted octanol–water partition coefficient (Wildman–Crippen LogP) is 2.10. The molecule has 1 amide bonds. The van der Waals surface area contributed by atoms with Crippen LogP contribution in [-0.4, -0.2) is 13.0 Å². The summed E-state index contributed by atoms with van der Waals surface area (Å²) < 4.78 is 0. The molecule has 0 aromatic heterocycles. The van der Waals surface area contributed by atoms with E-state index < -0.39 is 0 Å². The molecule has 3 nitrogen and oxygen atoms in total. The van der Waals surface area contributed by atoms with E-state index in [4.69, 9.17) is 5.26 Å².